The highest BCUT2D eigenvalue weighted by Gasteiger charge is 2.45. The largest absolute Gasteiger partial charge is 0.463 e. The molecule has 0 rings (SSSR count). The molecule has 0 N–H and O–H groups in total. The molecule has 0 aliphatic heterocycles. The lowest BCUT2D eigenvalue weighted by Gasteiger charge is -2.17. The third-order valence-electron chi connectivity index (χ3n) is 4.23. The van der Waals surface area contributed by atoms with E-state index in [4.69, 9.17) is 9.47 Å². The normalized spacial score (nSPS) is 11.4. The smallest absolute Gasteiger partial charge is 0.355 e. The second-order valence-electron chi connectivity index (χ2n) is 6.81. The van der Waals surface area contributed by atoms with Crippen LogP contribution >= 0.6 is 0 Å². The SMILES string of the molecule is CCCCCCCCOC(=O)C(C)(F)C(=O)OCCCCCCCC. The van der Waals surface area contributed by atoms with Crippen LogP contribution in [0.4, 0.5) is 4.39 Å². The van der Waals surface area contributed by atoms with Crippen LogP contribution in [0.5, 0.6) is 0 Å². The molecule has 0 spiro atoms. The van der Waals surface area contributed by atoms with Crippen molar-refractivity contribution >= 4 is 11.9 Å². The number of alkyl halides is 1. The summed E-state index contributed by atoms with van der Waals surface area (Å²) in [5.74, 6) is -2.29. The molecular formula is C20H37FO4. The average molecular weight is 361 g/mol. The molecular weight excluding hydrogens is 323 g/mol. The van der Waals surface area contributed by atoms with E-state index in [1.165, 1.54) is 25.7 Å². The summed E-state index contributed by atoms with van der Waals surface area (Å²) < 4.78 is 24.1. The van der Waals surface area contributed by atoms with E-state index in [1.54, 1.807) is 0 Å². The predicted molar refractivity (Wildman–Crippen MR) is 98.2 cm³/mol. The van der Waals surface area contributed by atoms with Gasteiger partial charge < -0.3 is 9.47 Å². The molecule has 0 unspecified atom stereocenters. The zero-order valence-electron chi connectivity index (χ0n) is 16.4. The molecule has 0 atom stereocenters. The van der Waals surface area contributed by atoms with Crippen LogP contribution in [0.1, 0.15) is 97.8 Å². The fourth-order valence-corrected chi connectivity index (χ4v) is 2.45. The summed E-state index contributed by atoms with van der Waals surface area (Å²) in [6, 6.07) is 0. The highest BCUT2D eigenvalue weighted by atomic mass is 19.1. The summed E-state index contributed by atoms with van der Waals surface area (Å²) in [5.41, 5.74) is -2.72. The van der Waals surface area contributed by atoms with Crippen LogP contribution in [0, 0.1) is 0 Å². The van der Waals surface area contributed by atoms with Gasteiger partial charge in [-0.1, -0.05) is 78.1 Å². The number of unbranched alkanes of at least 4 members (excludes halogenated alkanes) is 10. The topological polar surface area (TPSA) is 52.6 Å². The first-order chi connectivity index (χ1) is 12.0. The van der Waals surface area contributed by atoms with Gasteiger partial charge in [0.05, 0.1) is 13.2 Å². The molecule has 148 valence electrons. The van der Waals surface area contributed by atoms with Gasteiger partial charge in [-0.15, -0.1) is 0 Å². The van der Waals surface area contributed by atoms with Gasteiger partial charge in [0.25, 0.3) is 5.67 Å². The standard InChI is InChI=1S/C20H37FO4/c1-4-6-8-10-12-14-16-24-18(22)20(3,21)19(23)25-17-15-13-11-9-7-5-2/h4-17H2,1-3H3. The third-order valence-corrected chi connectivity index (χ3v) is 4.23. The fourth-order valence-electron chi connectivity index (χ4n) is 2.45. The molecule has 0 aromatic carbocycles. The summed E-state index contributed by atoms with van der Waals surface area (Å²) >= 11 is 0. The van der Waals surface area contributed by atoms with Gasteiger partial charge in [0.15, 0.2) is 0 Å². The number of hydrogen-bond acceptors (Lipinski definition) is 4. The first kappa shape index (κ1) is 23.9. The van der Waals surface area contributed by atoms with Crippen LogP contribution in [0.2, 0.25) is 0 Å². The van der Waals surface area contributed by atoms with Gasteiger partial charge in [-0.2, -0.15) is 0 Å². The van der Waals surface area contributed by atoms with E-state index in [2.05, 4.69) is 13.8 Å². The molecule has 0 saturated heterocycles. The molecule has 0 saturated carbocycles. The molecule has 0 aromatic heterocycles. The van der Waals surface area contributed by atoms with Gasteiger partial charge >= 0.3 is 11.9 Å². The number of carbonyl (C=O) groups excluding carboxylic acids is 2. The lowest BCUT2D eigenvalue weighted by molar-refractivity contribution is -0.173. The number of ether oxygens (including phenoxy) is 2. The van der Waals surface area contributed by atoms with E-state index in [9.17, 15) is 14.0 Å². The molecule has 5 heteroatoms. The Kier molecular flexibility index (Phi) is 14.5. The maximum absolute atomic E-state index is 14.3. The van der Waals surface area contributed by atoms with Gasteiger partial charge in [0, 0.05) is 0 Å². The minimum absolute atomic E-state index is 0.148. The summed E-state index contributed by atoms with van der Waals surface area (Å²) in [6.07, 6.45) is 12.5. The van der Waals surface area contributed by atoms with Gasteiger partial charge in [-0.05, 0) is 19.8 Å². The summed E-state index contributed by atoms with van der Waals surface area (Å²) in [6.45, 7) is 5.51. The highest BCUT2D eigenvalue weighted by Crippen LogP contribution is 2.16. The maximum atomic E-state index is 14.3. The van der Waals surface area contributed by atoms with Crippen molar-refractivity contribution in [3.05, 3.63) is 0 Å². The van der Waals surface area contributed by atoms with Gasteiger partial charge in [0.1, 0.15) is 0 Å². The minimum Gasteiger partial charge on any atom is -0.463 e. The van der Waals surface area contributed by atoms with E-state index in [-0.39, 0.29) is 13.2 Å². The molecule has 0 fully saturated rings. The number of hydrogen-bond donors (Lipinski definition) is 0. The second-order valence-corrected chi connectivity index (χ2v) is 6.81. The lowest BCUT2D eigenvalue weighted by atomic mass is 10.1. The number of rotatable bonds is 16. The van der Waals surface area contributed by atoms with E-state index in [0.29, 0.717) is 12.8 Å². The Morgan fingerprint density at radius 3 is 1.36 bits per heavy atom. The van der Waals surface area contributed by atoms with Crippen molar-refractivity contribution in [3.8, 4) is 0 Å². The monoisotopic (exact) mass is 360 g/mol. The summed E-state index contributed by atoms with van der Waals surface area (Å²) in [5, 5.41) is 0. The van der Waals surface area contributed by atoms with Crippen molar-refractivity contribution in [3.63, 3.8) is 0 Å². The van der Waals surface area contributed by atoms with Gasteiger partial charge in [-0.25, -0.2) is 14.0 Å². The van der Waals surface area contributed by atoms with Crippen molar-refractivity contribution in [1.82, 2.24) is 0 Å². The first-order valence-corrected chi connectivity index (χ1v) is 10.00. The number of esters is 2. The van der Waals surface area contributed by atoms with Crippen molar-refractivity contribution < 1.29 is 23.5 Å². The van der Waals surface area contributed by atoms with Crippen molar-refractivity contribution in [2.24, 2.45) is 0 Å². The summed E-state index contributed by atoms with van der Waals surface area (Å²) in [4.78, 5) is 23.5. The molecule has 0 radical (unpaired) electrons. The fraction of sp³-hybridized carbons (Fsp3) is 0.900. The summed E-state index contributed by atoms with van der Waals surface area (Å²) in [7, 11) is 0. The molecule has 0 amide bonds. The van der Waals surface area contributed by atoms with Crippen LogP contribution < -0.4 is 0 Å². The van der Waals surface area contributed by atoms with Crippen LogP contribution in [-0.4, -0.2) is 30.8 Å². The number of halogens is 1. The molecule has 0 heterocycles. The Morgan fingerprint density at radius 1 is 0.680 bits per heavy atom. The van der Waals surface area contributed by atoms with Crippen LogP contribution in [0.15, 0.2) is 0 Å². The quantitative estimate of drug-likeness (QED) is 0.206. The Bertz CT molecular complexity index is 324. The molecule has 4 nitrogen and oxygen atoms in total. The van der Waals surface area contributed by atoms with Crippen LogP contribution in [0.25, 0.3) is 0 Å². The van der Waals surface area contributed by atoms with Gasteiger partial charge in [-0.3, -0.25) is 0 Å². The zero-order valence-corrected chi connectivity index (χ0v) is 16.4. The minimum atomic E-state index is -2.72. The Hall–Kier alpha value is -1.13. The van der Waals surface area contributed by atoms with E-state index in [0.717, 1.165) is 45.4 Å². The zero-order chi connectivity index (χ0) is 19.0. The van der Waals surface area contributed by atoms with Crippen molar-refractivity contribution in [2.45, 2.75) is 103 Å². The molecule has 25 heavy (non-hydrogen) atoms. The lowest BCUT2D eigenvalue weighted by Crippen LogP contribution is -2.42. The van der Waals surface area contributed by atoms with Crippen LogP contribution in [0.3, 0.4) is 0 Å². The Balaban J connectivity index is 3.82. The second kappa shape index (κ2) is 15.2. The highest BCUT2D eigenvalue weighted by molar-refractivity contribution is 6.02. The van der Waals surface area contributed by atoms with Crippen molar-refractivity contribution in [1.29, 1.82) is 0 Å². The van der Waals surface area contributed by atoms with E-state index in [1.807, 2.05) is 0 Å². The molecule has 0 aromatic rings. The molecule has 0 aliphatic carbocycles. The third kappa shape index (κ3) is 12.0. The molecule has 0 bridgehead atoms. The first-order valence-electron chi connectivity index (χ1n) is 10.00. The maximum Gasteiger partial charge on any atom is 0.355 e. The number of carbonyl (C=O) groups is 2. The predicted octanol–water partition coefficient (Wildman–Crippen LogP) is 5.52. The van der Waals surface area contributed by atoms with Gasteiger partial charge in [0.2, 0.25) is 0 Å². The van der Waals surface area contributed by atoms with E-state index < -0.39 is 17.6 Å². The van der Waals surface area contributed by atoms with Crippen molar-refractivity contribution in [2.75, 3.05) is 13.2 Å². The van der Waals surface area contributed by atoms with E-state index >= 15 is 0 Å². The Labute approximate surface area is 152 Å². The van der Waals surface area contributed by atoms with Crippen LogP contribution in [-0.2, 0) is 19.1 Å². The average Bonchev–Trinajstić information content (AvgIpc) is 2.59. The Morgan fingerprint density at radius 2 is 1.00 bits per heavy atom. The molecule has 0 aliphatic rings.